The van der Waals surface area contributed by atoms with Crippen molar-refractivity contribution in [2.24, 2.45) is 0 Å². The Morgan fingerprint density at radius 2 is 1.29 bits per heavy atom. The predicted octanol–water partition coefficient (Wildman–Crippen LogP) is 4.50. The summed E-state index contributed by atoms with van der Waals surface area (Å²) in [6, 6.07) is 25.0. The summed E-state index contributed by atoms with van der Waals surface area (Å²) in [5, 5.41) is 8.69. The van der Waals surface area contributed by atoms with E-state index >= 15 is 0 Å². The van der Waals surface area contributed by atoms with Crippen molar-refractivity contribution in [3.8, 4) is 5.75 Å². The zero-order valence-electron chi connectivity index (χ0n) is 19.9. The van der Waals surface area contributed by atoms with Crippen molar-refractivity contribution >= 4 is 11.4 Å². The highest BCUT2D eigenvalue weighted by Crippen LogP contribution is 2.52. The highest BCUT2D eigenvalue weighted by Gasteiger charge is 2.44. The Bertz CT molecular complexity index is 1010. The van der Waals surface area contributed by atoms with Crippen LogP contribution in [-0.4, -0.2) is 58.4 Å². The van der Waals surface area contributed by atoms with E-state index in [0.29, 0.717) is 39.6 Å². The van der Waals surface area contributed by atoms with E-state index in [0.717, 1.165) is 33.8 Å². The van der Waals surface area contributed by atoms with Crippen LogP contribution in [0.4, 0.5) is 11.4 Å². The number of ether oxygens (including phenoxy) is 4. The van der Waals surface area contributed by atoms with Crippen molar-refractivity contribution in [2.75, 3.05) is 58.2 Å². The first kappa shape index (κ1) is 24.2. The van der Waals surface area contributed by atoms with Gasteiger partial charge in [-0.15, -0.1) is 0 Å². The molecule has 1 aliphatic heterocycles. The molecule has 0 fully saturated rings. The van der Waals surface area contributed by atoms with Gasteiger partial charge in [-0.3, -0.25) is 0 Å². The number of fused-ring (bicyclic) bond motifs is 2. The van der Waals surface area contributed by atoms with E-state index in [1.165, 1.54) is 0 Å². The molecular weight excluding hydrogens is 430 g/mol. The van der Waals surface area contributed by atoms with E-state index in [-0.39, 0.29) is 6.61 Å². The molecule has 0 aliphatic carbocycles. The molecule has 6 nitrogen and oxygen atoms in total. The predicted molar refractivity (Wildman–Crippen MR) is 133 cm³/mol. The molecule has 0 spiro atoms. The van der Waals surface area contributed by atoms with Gasteiger partial charge < -0.3 is 29.0 Å². The zero-order chi connectivity index (χ0) is 23.8. The summed E-state index contributed by atoms with van der Waals surface area (Å²) in [5.74, 6) is 0.782. The molecule has 0 radical (unpaired) electrons. The molecule has 3 aromatic carbocycles. The fourth-order valence-electron chi connectivity index (χ4n) is 4.56. The summed E-state index contributed by atoms with van der Waals surface area (Å²) in [4.78, 5) is 2.23. The monoisotopic (exact) mass is 463 g/mol. The quantitative estimate of drug-likeness (QED) is 0.399. The smallest absolute Gasteiger partial charge is 0.147 e. The van der Waals surface area contributed by atoms with Crippen molar-refractivity contribution in [3.63, 3.8) is 0 Å². The molecule has 34 heavy (non-hydrogen) atoms. The number of nitrogens with zero attached hydrogens (tertiary/aromatic N) is 1. The lowest BCUT2D eigenvalue weighted by Crippen LogP contribution is -2.39. The van der Waals surface area contributed by atoms with Crippen molar-refractivity contribution in [1.82, 2.24) is 0 Å². The van der Waals surface area contributed by atoms with Crippen LogP contribution >= 0.6 is 0 Å². The van der Waals surface area contributed by atoms with Gasteiger partial charge in [-0.1, -0.05) is 48.5 Å². The second kappa shape index (κ2) is 11.5. The van der Waals surface area contributed by atoms with Crippen molar-refractivity contribution < 1.29 is 24.1 Å². The third-order valence-electron chi connectivity index (χ3n) is 6.02. The standard InChI is InChI=1S/C28H33NO5/c1-3-34-28(22-12-14-23(15-13-22)33-21-20-32-19-18-31-17-16-30)24-8-4-6-10-26(24)29(2)27-11-7-5-9-25(27)28/h4-15,30H,3,16-21H2,1-2H3. The minimum atomic E-state index is -0.704. The summed E-state index contributed by atoms with van der Waals surface area (Å²) in [7, 11) is 2.10. The highest BCUT2D eigenvalue weighted by molar-refractivity contribution is 5.79. The molecule has 0 amide bonds. The summed E-state index contributed by atoms with van der Waals surface area (Å²) in [6.45, 7) is 4.84. The Kier molecular flexibility index (Phi) is 8.19. The van der Waals surface area contributed by atoms with Gasteiger partial charge in [0.05, 0.1) is 33.0 Å². The largest absolute Gasteiger partial charge is 0.491 e. The van der Waals surface area contributed by atoms with E-state index < -0.39 is 5.60 Å². The lowest BCUT2D eigenvalue weighted by molar-refractivity contribution is 0.0210. The van der Waals surface area contributed by atoms with Gasteiger partial charge in [0.1, 0.15) is 18.0 Å². The summed E-state index contributed by atoms with van der Waals surface area (Å²) in [6.07, 6.45) is 0. The number of aliphatic hydroxyl groups excluding tert-OH is 1. The van der Waals surface area contributed by atoms with Crippen molar-refractivity contribution in [3.05, 3.63) is 89.5 Å². The van der Waals surface area contributed by atoms with Gasteiger partial charge >= 0.3 is 0 Å². The SMILES string of the molecule is CCOC1(c2ccc(OCCOCCOCCO)cc2)c2ccccc2N(C)c2ccccc21. The highest BCUT2D eigenvalue weighted by atomic mass is 16.5. The number of hydrogen-bond donors (Lipinski definition) is 1. The van der Waals surface area contributed by atoms with Gasteiger partial charge in [0.15, 0.2) is 0 Å². The molecule has 0 aromatic heterocycles. The number of aliphatic hydroxyl groups is 1. The third-order valence-corrected chi connectivity index (χ3v) is 6.02. The topological polar surface area (TPSA) is 60.4 Å². The van der Waals surface area contributed by atoms with E-state index in [9.17, 15) is 0 Å². The molecule has 0 atom stereocenters. The average molecular weight is 464 g/mol. The molecule has 0 bridgehead atoms. The maximum absolute atomic E-state index is 8.69. The zero-order valence-corrected chi connectivity index (χ0v) is 19.9. The van der Waals surface area contributed by atoms with Crippen molar-refractivity contribution in [2.45, 2.75) is 12.5 Å². The lowest BCUT2D eigenvalue weighted by atomic mass is 9.76. The van der Waals surface area contributed by atoms with Gasteiger partial charge in [-0.25, -0.2) is 0 Å². The number of anilines is 2. The number of para-hydroxylation sites is 2. The summed E-state index contributed by atoms with van der Waals surface area (Å²) in [5.41, 5.74) is 4.88. The van der Waals surface area contributed by atoms with Crippen molar-refractivity contribution in [1.29, 1.82) is 0 Å². The van der Waals surface area contributed by atoms with Gasteiger partial charge in [0, 0.05) is 36.2 Å². The van der Waals surface area contributed by atoms with E-state index in [2.05, 4.69) is 72.6 Å². The minimum absolute atomic E-state index is 0.0254. The van der Waals surface area contributed by atoms with Crippen LogP contribution in [0, 0.1) is 0 Å². The van der Waals surface area contributed by atoms with Crippen LogP contribution in [-0.2, 0) is 19.8 Å². The summed E-state index contributed by atoms with van der Waals surface area (Å²) >= 11 is 0. The molecule has 0 saturated carbocycles. The molecule has 0 unspecified atom stereocenters. The fourth-order valence-corrected chi connectivity index (χ4v) is 4.56. The number of hydrogen-bond acceptors (Lipinski definition) is 6. The molecule has 1 N–H and O–H groups in total. The van der Waals surface area contributed by atoms with Crippen LogP contribution in [0.15, 0.2) is 72.8 Å². The average Bonchev–Trinajstić information content (AvgIpc) is 2.88. The van der Waals surface area contributed by atoms with Crippen LogP contribution in [0.2, 0.25) is 0 Å². The molecule has 4 rings (SSSR count). The first-order chi connectivity index (χ1) is 16.7. The van der Waals surface area contributed by atoms with E-state index in [4.69, 9.17) is 24.1 Å². The third kappa shape index (κ3) is 4.81. The van der Waals surface area contributed by atoms with Gasteiger partial charge in [0.2, 0.25) is 0 Å². The van der Waals surface area contributed by atoms with Crippen LogP contribution in [0.3, 0.4) is 0 Å². The Hall–Kier alpha value is -2.90. The Balaban J connectivity index is 1.55. The first-order valence-corrected chi connectivity index (χ1v) is 11.8. The molecule has 1 heterocycles. The lowest BCUT2D eigenvalue weighted by Gasteiger charge is -2.44. The van der Waals surface area contributed by atoms with E-state index in [1.807, 2.05) is 19.1 Å². The Morgan fingerprint density at radius 1 is 0.735 bits per heavy atom. The number of rotatable bonds is 12. The normalized spacial score (nSPS) is 13.9. The van der Waals surface area contributed by atoms with Gasteiger partial charge in [-0.05, 0) is 36.8 Å². The maximum Gasteiger partial charge on any atom is 0.147 e. The van der Waals surface area contributed by atoms with Crippen LogP contribution < -0.4 is 9.64 Å². The summed E-state index contributed by atoms with van der Waals surface area (Å²) < 4.78 is 23.2. The second-order valence-electron chi connectivity index (χ2n) is 8.03. The molecule has 180 valence electrons. The molecule has 0 saturated heterocycles. The van der Waals surface area contributed by atoms with Gasteiger partial charge in [-0.2, -0.15) is 0 Å². The second-order valence-corrected chi connectivity index (χ2v) is 8.03. The first-order valence-electron chi connectivity index (χ1n) is 11.8. The number of benzene rings is 3. The molecule has 3 aromatic rings. The minimum Gasteiger partial charge on any atom is -0.491 e. The fraction of sp³-hybridized carbons (Fsp3) is 0.357. The Labute approximate surface area is 201 Å². The van der Waals surface area contributed by atoms with Crippen LogP contribution in [0.5, 0.6) is 5.75 Å². The Morgan fingerprint density at radius 3 is 1.88 bits per heavy atom. The van der Waals surface area contributed by atoms with E-state index in [1.54, 1.807) is 0 Å². The molecule has 6 heteroatoms. The van der Waals surface area contributed by atoms with Crippen LogP contribution in [0.25, 0.3) is 0 Å². The van der Waals surface area contributed by atoms with Gasteiger partial charge in [0.25, 0.3) is 0 Å². The maximum atomic E-state index is 8.69. The van der Waals surface area contributed by atoms with Crippen LogP contribution in [0.1, 0.15) is 23.6 Å². The molecular formula is C28H33NO5. The molecule has 1 aliphatic rings.